The lowest BCUT2D eigenvalue weighted by Gasteiger charge is -2.47. The average molecular weight is 431 g/mol. The molecule has 1 rings (SSSR count). The topological polar surface area (TPSA) is 152 Å². The Morgan fingerprint density at radius 1 is 0.700 bits per heavy atom. The third kappa shape index (κ3) is 6.79. The third-order valence-electron chi connectivity index (χ3n) is 3.93. The molecular weight excluding hydrogens is 406 g/mol. The first-order valence-corrected chi connectivity index (χ1v) is 8.96. The van der Waals surface area contributed by atoms with Gasteiger partial charge in [-0.25, -0.2) is 0 Å². The van der Waals surface area contributed by atoms with E-state index in [0.717, 1.165) is 41.5 Å². The Morgan fingerprint density at radius 2 is 1.17 bits per heavy atom. The van der Waals surface area contributed by atoms with Crippen LogP contribution in [0.3, 0.4) is 0 Å². The number of hydrogen-bond donors (Lipinski definition) is 0. The highest BCUT2D eigenvalue weighted by Crippen LogP contribution is 2.31. The number of rotatable bonds is 6. The molecule has 30 heavy (non-hydrogen) atoms. The Balaban J connectivity index is 3.55. The van der Waals surface area contributed by atoms with E-state index < -0.39 is 72.9 Å². The van der Waals surface area contributed by atoms with Crippen LogP contribution >= 0.6 is 0 Å². The van der Waals surface area contributed by atoms with Gasteiger partial charge in [0, 0.05) is 41.5 Å². The van der Waals surface area contributed by atoms with Crippen LogP contribution in [0.5, 0.6) is 0 Å². The van der Waals surface area contributed by atoms with Crippen molar-refractivity contribution in [3.05, 3.63) is 0 Å². The largest absolute Gasteiger partial charge is 0.463 e. The number of hydrogen-bond acceptors (Lipinski definition) is 11. The van der Waals surface area contributed by atoms with Gasteiger partial charge in [-0.15, -0.1) is 0 Å². The van der Waals surface area contributed by atoms with E-state index in [2.05, 4.69) is 0 Å². The minimum Gasteiger partial charge on any atom is -0.463 e. The van der Waals surface area contributed by atoms with Crippen molar-refractivity contribution in [1.82, 2.24) is 4.90 Å². The number of imide groups is 1. The molecule has 1 aliphatic heterocycles. The van der Waals surface area contributed by atoms with Crippen molar-refractivity contribution >= 4 is 35.7 Å². The minimum absolute atomic E-state index is 0.449. The van der Waals surface area contributed by atoms with E-state index in [0.29, 0.717) is 4.90 Å². The first-order valence-electron chi connectivity index (χ1n) is 8.96. The van der Waals surface area contributed by atoms with Crippen LogP contribution in [-0.2, 0) is 52.5 Å². The Kier molecular flexibility index (Phi) is 8.90. The second kappa shape index (κ2) is 10.7. The summed E-state index contributed by atoms with van der Waals surface area (Å²) in [7, 11) is 0. The fourth-order valence-electron chi connectivity index (χ4n) is 3.06. The van der Waals surface area contributed by atoms with E-state index in [1.54, 1.807) is 0 Å². The van der Waals surface area contributed by atoms with Crippen molar-refractivity contribution in [1.29, 1.82) is 0 Å². The van der Waals surface area contributed by atoms with Gasteiger partial charge < -0.3 is 23.7 Å². The molecule has 1 aliphatic rings. The van der Waals surface area contributed by atoms with Crippen molar-refractivity contribution in [2.45, 2.75) is 72.2 Å². The Labute approximate surface area is 172 Å². The number of esters is 4. The molecule has 12 heteroatoms. The Bertz CT molecular complexity index is 705. The molecule has 2 amide bonds. The Morgan fingerprint density at radius 3 is 1.57 bits per heavy atom. The summed E-state index contributed by atoms with van der Waals surface area (Å²) in [6, 6.07) is -1.47. The molecule has 0 spiro atoms. The van der Waals surface area contributed by atoms with E-state index in [1.807, 2.05) is 0 Å². The number of nitrogens with zero attached hydrogens (tertiary/aromatic N) is 1. The Hall–Kier alpha value is -3.02. The van der Waals surface area contributed by atoms with Gasteiger partial charge in [0.2, 0.25) is 18.1 Å². The normalized spacial score (nSPS) is 25.5. The third-order valence-corrected chi connectivity index (χ3v) is 3.93. The van der Waals surface area contributed by atoms with E-state index in [4.69, 9.17) is 23.7 Å². The van der Waals surface area contributed by atoms with Crippen molar-refractivity contribution in [2.24, 2.45) is 0 Å². The summed E-state index contributed by atoms with van der Waals surface area (Å²) in [4.78, 5) is 71.3. The summed E-state index contributed by atoms with van der Waals surface area (Å²) < 4.78 is 26.1. The fourth-order valence-corrected chi connectivity index (χ4v) is 3.06. The lowest BCUT2D eigenvalue weighted by Crippen LogP contribution is -2.68. The molecule has 0 unspecified atom stereocenters. The smallest absolute Gasteiger partial charge is 0.305 e. The highest BCUT2D eigenvalue weighted by molar-refractivity contribution is 5.93. The maximum atomic E-state index is 12.2. The summed E-state index contributed by atoms with van der Waals surface area (Å²) in [5.74, 6) is -4.64. The number of ether oxygens (including phenoxy) is 5. The molecule has 1 heterocycles. The molecule has 0 bridgehead atoms. The van der Waals surface area contributed by atoms with Crippen LogP contribution in [-0.4, -0.2) is 77.8 Å². The number of carbonyl (C=O) groups is 6. The lowest BCUT2D eigenvalue weighted by atomic mass is 9.94. The monoisotopic (exact) mass is 431 g/mol. The van der Waals surface area contributed by atoms with Gasteiger partial charge in [0.25, 0.3) is 0 Å². The first kappa shape index (κ1) is 25.0. The maximum Gasteiger partial charge on any atom is 0.305 e. The van der Waals surface area contributed by atoms with Crippen molar-refractivity contribution in [2.75, 3.05) is 6.61 Å². The maximum absolute atomic E-state index is 12.2. The predicted molar refractivity (Wildman–Crippen MR) is 95.2 cm³/mol. The van der Waals surface area contributed by atoms with Crippen LogP contribution in [0.15, 0.2) is 0 Å². The molecule has 0 saturated carbocycles. The van der Waals surface area contributed by atoms with Crippen LogP contribution in [0.25, 0.3) is 0 Å². The van der Waals surface area contributed by atoms with Gasteiger partial charge in [-0.1, -0.05) is 0 Å². The van der Waals surface area contributed by atoms with Gasteiger partial charge in [0.15, 0.2) is 12.2 Å². The zero-order valence-electron chi connectivity index (χ0n) is 17.5. The molecule has 0 aromatic rings. The molecule has 0 N–H and O–H groups in total. The van der Waals surface area contributed by atoms with Crippen LogP contribution in [0, 0.1) is 0 Å². The van der Waals surface area contributed by atoms with Crippen molar-refractivity contribution in [3.63, 3.8) is 0 Å². The molecule has 1 saturated heterocycles. The molecule has 1 fully saturated rings. The molecule has 12 nitrogen and oxygen atoms in total. The number of amides is 2. The van der Waals surface area contributed by atoms with Gasteiger partial charge >= 0.3 is 23.9 Å². The predicted octanol–water partition coefficient (Wildman–Crippen LogP) is -0.535. The minimum atomic E-state index is -1.59. The van der Waals surface area contributed by atoms with Crippen molar-refractivity contribution in [3.8, 4) is 0 Å². The fraction of sp³-hybridized carbons (Fsp3) is 0.667. The quantitative estimate of drug-likeness (QED) is 0.394. The lowest BCUT2D eigenvalue weighted by molar-refractivity contribution is -0.282. The van der Waals surface area contributed by atoms with Crippen molar-refractivity contribution < 1.29 is 52.5 Å². The van der Waals surface area contributed by atoms with E-state index in [9.17, 15) is 28.8 Å². The number of carbonyl (C=O) groups excluding carboxylic acids is 6. The summed E-state index contributed by atoms with van der Waals surface area (Å²) in [5, 5.41) is 0. The molecule has 0 radical (unpaired) electrons. The van der Waals surface area contributed by atoms with Gasteiger partial charge in [0.05, 0.1) is 0 Å². The average Bonchev–Trinajstić information content (AvgIpc) is 2.56. The summed E-state index contributed by atoms with van der Waals surface area (Å²) in [6.07, 6.45) is -5.68. The summed E-state index contributed by atoms with van der Waals surface area (Å²) in [5.41, 5.74) is 0. The summed E-state index contributed by atoms with van der Waals surface area (Å²) >= 11 is 0. The molecule has 168 valence electrons. The molecule has 0 aromatic carbocycles. The van der Waals surface area contributed by atoms with E-state index in [-0.39, 0.29) is 0 Å². The van der Waals surface area contributed by atoms with Gasteiger partial charge in [0.1, 0.15) is 18.8 Å². The SMILES string of the molecule is CC(=O)OC[C@H]1O[C@H](OC(C)=O)[C@@H](N(C(C)=O)C(C)=O)[C@@H](OC(C)=O)[C@H]1OC(C)=O. The van der Waals surface area contributed by atoms with E-state index in [1.165, 1.54) is 0 Å². The molecular formula is C18H25NO11. The summed E-state index contributed by atoms with van der Waals surface area (Å²) in [6.45, 7) is 6.03. The first-order chi connectivity index (χ1) is 13.8. The second-order valence-electron chi connectivity index (χ2n) is 6.50. The zero-order valence-corrected chi connectivity index (χ0v) is 17.5. The molecule has 0 aliphatic carbocycles. The zero-order chi connectivity index (χ0) is 23.2. The van der Waals surface area contributed by atoms with Crippen LogP contribution < -0.4 is 0 Å². The van der Waals surface area contributed by atoms with Crippen LogP contribution in [0.1, 0.15) is 41.5 Å². The van der Waals surface area contributed by atoms with E-state index >= 15 is 0 Å². The standard InChI is InChI=1S/C18H25NO11/c1-8(20)19(9(2)21)15-17(28-12(5)24)16(27-11(4)23)14(7-26-10(3)22)30-18(15)29-13(6)25/h14-18H,7H2,1-6H3/t14-,15+,16+,17-,18+/m1/s1. The van der Waals surface area contributed by atoms with Crippen LogP contribution in [0.2, 0.25) is 0 Å². The van der Waals surface area contributed by atoms with Crippen LogP contribution in [0.4, 0.5) is 0 Å². The van der Waals surface area contributed by atoms with Gasteiger partial charge in [-0.05, 0) is 0 Å². The van der Waals surface area contributed by atoms with Gasteiger partial charge in [-0.3, -0.25) is 33.7 Å². The molecule has 0 aromatic heterocycles. The second-order valence-corrected chi connectivity index (χ2v) is 6.50. The highest BCUT2D eigenvalue weighted by Gasteiger charge is 2.55. The highest BCUT2D eigenvalue weighted by atomic mass is 16.7. The van der Waals surface area contributed by atoms with Gasteiger partial charge in [-0.2, -0.15) is 0 Å². The molecule has 5 atom stereocenters.